The van der Waals surface area contributed by atoms with Crippen LogP contribution < -0.4 is 0 Å². The van der Waals surface area contributed by atoms with E-state index >= 15 is 0 Å². The number of nitrogens with zero attached hydrogens (tertiary/aromatic N) is 1. The number of aliphatic hydroxyl groups is 1. The average molecular weight is 361 g/mol. The summed E-state index contributed by atoms with van der Waals surface area (Å²) in [7, 11) is 0. The highest BCUT2D eigenvalue weighted by Crippen LogP contribution is 2.35. The van der Waals surface area contributed by atoms with E-state index < -0.39 is 5.72 Å². The standard InChI is InChI=1S/C21H31NO4/c1-21(26-19-11-9-17(15-23)10-12-19)13-5-6-14-22(21)20(24)25-16-18-7-3-2-4-8-18/h2-4,7-8,17,19,23H,5-6,9-16H2,1H3. The van der Waals surface area contributed by atoms with Gasteiger partial charge in [0.2, 0.25) is 0 Å². The number of rotatable bonds is 5. The van der Waals surface area contributed by atoms with Crippen molar-refractivity contribution in [2.45, 2.75) is 70.3 Å². The van der Waals surface area contributed by atoms with E-state index in [4.69, 9.17) is 9.47 Å². The number of ether oxygens (including phenoxy) is 2. The number of carbonyl (C=O) groups is 1. The Kier molecular flexibility index (Phi) is 6.54. The van der Waals surface area contributed by atoms with Crippen LogP contribution in [-0.2, 0) is 16.1 Å². The van der Waals surface area contributed by atoms with Crippen LogP contribution in [0.5, 0.6) is 0 Å². The van der Waals surface area contributed by atoms with Crippen LogP contribution in [0.2, 0.25) is 0 Å². The number of hydrogen-bond acceptors (Lipinski definition) is 4. The van der Waals surface area contributed by atoms with E-state index in [0.717, 1.165) is 50.5 Å². The maximum absolute atomic E-state index is 12.7. The van der Waals surface area contributed by atoms with Gasteiger partial charge in [0.15, 0.2) is 0 Å². The molecule has 144 valence electrons. The first-order chi connectivity index (χ1) is 12.6. The summed E-state index contributed by atoms with van der Waals surface area (Å²) in [5.41, 5.74) is 0.394. The van der Waals surface area contributed by atoms with Crippen LogP contribution in [0.1, 0.15) is 57.4 Å². The second-order valence-corrected chi connectivity index (χ2v) is 7.77. The van der Waals surface area contributed by atoms with Crippen LogP contribution in [0.15, 0.2) is 30.3 Å². The van der Waals surface area contributed by atoms with Crippen molar-refractivity contribution in [3.05, 3.63) is 35.9 Å². The summed E-state index contributed by atoms with van der Waals surface area (Å²) >= 11 is 0. The van der Waals surface area contributed by atoms with Crippen LogP contribution in [0.25, 0.3) is 0 Å². The van der Waals surface area contributed by atoms with E-state index in [0.29, 0.717) is 12.5 Å². The number of likely N-dealkylation sites (tertiary alicyclic amines) is 1. The summed E-state index contributed by atoms with van der Waals surface area (Å²) in [6, 6.07) is 9.75. The zero-order valence-electron chi connectivity index (χ0n) is 15.7. The molecule has 0 radical (unpaired) electrons. The molecule has 1 heterocycles. The Labute approximate surface area is 156 Å². The lowest BCUT2D eigenvalue weighted by Gasteiger charge is -2.46. The molecule has 1 atom stereocenters. The minimum absolute atomic E-state index is 0.158. The molecular weight excluding hydrogens is 330 g/mol. The molecule has 1 aromatic rings. The molecule has 3 rings (SSSR count). The topological polar surface area (TPSA) is 59.0 Å². The van der Waals surface area contributed by atoms with Crippen molar-refractivity contribution in [3.8, 4) is 0 Å². The quantitative estimate of drug-likeness (QED) is 0.858. The van der Waals surface area contributed by atoms with Gasteiger partial charge in [-0.25, -0.2) is 4.79 Å². The third kappa shape index (κ3) is 4.77. The van der Waals surface area contributed by atoms with Crippen molar-refractivity contribution in [2.24, 2.45) is 5.92 Å². The van der Waals surface area contributed by atoms with E-state index in [1.165, 1.54) is 0 Å². The summed E-state index contributed by atoms with van der Waals surface area (Å²) in [5, 5.41) is 9.31. The van der Waals surface area contributed by atoms with Gasteiger partial charge in [-0.15, -0.1) is 0 Å². The summed E-state index contributed by atoms with van der Waals surface area (Å²) in [5.74, 6) is 0.404. The van der Waals surface area contributed by atoms with Gasteiger partial charge in [-0.05, 0) is 63.4 Å². The predicted molar refractivity (Wildman–Crippen MR) is 99.5 cm³/mol. The summed E-state index contributed by atoms with van der Waals surface area (Å²) in [6.07, 6.45) is 6.65. The second-order valence-electron chi connectivity index (χ2n) is 7.77. The fourth-order valence-electron chi connectivity index (χ4n) is 4.09. The fourth-order valence-corrected chi connectivity index (χ4v) is 4.09. The van der Waals surface area contributed by atoms with E-state index in [1.807, 2.05) is 37.3 Å². The van der Waals surface area contributed by atoms with Crippen molar-refractivity contribution in [2.75, 3.05) is 13.2 Å². The van der Waals surface area contributed by atoms with Crippen LogP contribution >= 0.6 is 0 Å². The molecule has 1 amide bonds. The average Bonchev–Trinajstić information content (AvgIpc) is 2.67. The van der Waals surface area contributed by atoms with Gasteiger partial charge in [0.05, 0.1) is 6.10 Å². The Morgan fingerprint density at radius 3 is 2.62 bits per heavy atom. The molecule has 1 saturated carbocycles. The highest BCUT2D eigenvalue weighted by atomic mass is 16.6. The Morgan fingerprint density at radius 1 is 1.19 bits per heavy atom. The lowest BCUT2D eigenvalue weighted by atomic mass is 9.87. The van der Waals surface area contributed by atoms with Crippen molar-refractivity contribution >= 4 is 6.09 Å². The lowest BCUT2D eigenvalue weighted by molar-refractivity contribution is -0.188. The normalized spacial score (nSPS) is 29.4. The first kappa shape index (κ1) is 19.2. The number of aliphatic hydroxyl groups excluding tert-OH is 1. The molecule has 1 unspecified atom stereocenters. The van der Waals surface area contributed by atoms with Gasteiger partial charge in [0.25, 0.3) is 0 Å². The number of amides is 1. The number of benzene rings is 1. The van der Waals surface area contributed by atoms with E-state index in [1.54, 1.807) is 4.90 Å². The molecule has 0 bridgehead atoms. The molecule has 2 fully saturated rings. The van der Waals surface area contributed by atoms with Gasteiger partial charge >= 0.3 is 6.09 Å². The molecule has 0 aromatic heterocycles. The highest BCUT2D eigenvalue weighted by molar-refractivity contribution is 5.68. The van der Waals surface area contributed by atoms with Crippen LogP contribution in [0, 0.1) is 5.92 Å². The molecule has 5 heteroatoms. The lowest BCUT2D eigenvalue weighted by Crippen LogP contribution is -2.56. The van der Waals surface area contributed by atoms with Gasteiger partial charge in [-0.1, -0.05) is 30.3 Å². The summed E-state index contributed by atoms with van der Waals surface area (Å²) in [4.78, 5) is 14.5. The number of piperidine rings is 1. The van der Waals surface area contributed by atoms with E-state index in [-0.39, 0.29) is 25.4 Å². The smallest absolute Gasteiger partial charge is 0.412 e. The highest BCUT2D eigenvalue weighted by Gasteiger charge is 2.41. The molecule has 1 aliphatic heterocycles. The van der Waals surface area contributed by atoms with Crippen LogP contribution in [0.4, 0.5) is 4.79 Å². The maximum Gasteiger partial charge on any atom is 0.412 e. The van der Waals surface area contributed by atoms with Gasteiger partial charge in [0.1, 0.15) is 12.3 Å². The Balaban J connectivity index is 1.58. The van der Waals surface area contributed by atoms with Gasteiger partial charge in [0, 0.05) is 13.2 Å². The minimum Gasteiger partial charge on any atom is -0.444 e. The molecule has 1 aromatic carbocycles. The maximum atomic E-state index is 12.7. The largest absolute Gasteiger partial charge is 0.444 e. The van der Waals surface area contributed by atoms with Crippen molar-refractivity contribution < 1.29 is 19.4 Å². The number of hydrogen-bond donors (Lipinski definition) is 1. The molecule has 26 heavy (non-hydrogen) atoms. The van der Waals surface area contributed by atoms with E-state index in [9.17, 15) is 9.90 Å². The predicted octanol–water partition coefficient (Wildman–Crippen LogP) is 4.09. The van der Waals surface area contributed by atoms with E-state index in [2.05, 4.69) is 0 Å². The zero-order valence-corrected chi connectivity index (χ0v) is 15.7. The molecule has 0 spiro atoms. The molecule has 1 saturated heterocycles. The van der Waals surface area contributed by atoms with Gasteiger partial charge in [-0.3, -0.25) is 4.90 Å². The second kappa shape index (κ2) is 8.87. The third-order valence-electron chi connectivity index (χ3n) is 5.74. The molecule has 1 aliphatic carbocycles. The summed E-state index contributed by atoms with van der Waals surface area (Å²) < 4.78 is 12.0. The minimum atomic E-state index is -0.595. The third-order valence-corrected chi connectivity index (χ3v) is 5.74. The van der Waals surface area contributed by atoms with Crippen molar-refractivity contribution in [3.63, 3.8) is 0 Å². The Hall–Kier alpha value is -1.59. The van der Waals surface area contributed by atoms with Crippen LogP contribution in [0.3, 0.4) is 0 Å². The first-order valence-corrected chi connectivity index (χ1v) is 9.88. The van der Waals surface area contributed by atoms with Crippen molar-refractivity contribution in [1.29, 1.82) is 0 Å². The molecule has 2 aliphatic rings. The Bertz CT molecular complexity index is 571. The van der Waals surface area contributed by atoms with Crippen molar-refractivity contribution in [1.82, 2.24) is 4.90 Å². The molecular formula is C21H31NO4. The first-order valence-electron chi connectivity index (χ1n) is 9.88. The molecule has 5 nitrogen and oxygen atoms in total. The van der Waals surface area contributed by atoms with Gasteiger partial charge in [-0.2, -0.15) is 0 Å². The zero-order chi connectivity index (χ0) is 18.4. The van der Waals surface area contributed by atoms with Crippen LogP contribution in [-0.4, -0.2) is 41.1 Å². The number of carbonyl (C=O) groups excluding carboxylic acids is 1. The van der Waals surface area contributed by atoms with Gasteiger partial charge < -0.3 is 14.6 Å². The summed E-state index contributed by atoms with van der Waals surface area (Å²) in [6.45, 7) is 3.25. The Morgan fingerprint density at radius 2 is 1.92 bits per heavy atom. The molecule has 1 N–H and O–H groups in total. The monoisotopic (exact) mass is 361 g/mol. The fraction of sp³-hybridized carbons (Fsp3) is 0.667. The SMILES string of the molecule is CC1(OC2CCC(CO)CC2)CCCCN1C(=O)OCc1ccccc1.